The molecule has 3 nitrogen and oxygen atoms in total. The summed E-state index contributed by atoms with van der Waals surface area (Å²) < 4.78 is 5.63. The van der Waals surface area contributed by atoms with Gasteiger partial charge in [-0.15, -0.1) is 0 Å². The van der Waals surface area contributed by atoms with Gasteiger partial charge in [0, 0.05) is 32.3 Å². The van der Waals surface area contributed by atoms with Gasteiger partial charge >= 0.3 is 0 Å². The van der Waals surface area contributed by atoms with Gasteiger partial charge in [-0.25, -0.2) is 0 Å². The molecule has 0 radical (unpaired) electrons. The molecule has 1 N–H and O–H groups in total. The quantitative estimate of drug-likeness (QED) is 0.759. The summed E-state index contributed by atoms with van der Waals surface area (Å²) >= 11 is 0. The van der Waals surface area contributed by atoms with Crippen molar-refractivity contribution in [3.05, 3.63) is 0 Å². The van der Waals surface area contributed by atoms with Crippen LogP contribution in [0.5, 0.6) is 0 Å². The molecule has 2 saturated heterocycles. The third-order valence-electron chi connectivity index (χ3n) is 3.48. The standard InChI is InChI=1S/C12H24N2O/c1-11-10-14(8-6-13-11)7-2-4-12-5-3-9-15-12/h11-13H,2-10H2,1H3. The summed E-state index contributed by atoms with van der Waals surface area (Å²) in [5, 5.41) is 3.48. The van der Waals surface area contributed by atoms with Gasteiger partial charge in [-0.3, -0.25) is 0 Å². The van der Waals surface area contributed by atoms with E-state index in [1.54, 1.807) is 0 Å². The Morgan fingerprint density at radius 1 is 1.47 bits per heavy atom. The molecule has 2 rings (SSSR count). The van der Waals surface area contributed by atoms with Crippen molar-refractivity contribution in [2.75, 3.05) is 32.8 Å². The minimum atomic E-state index is 0.574. The number of nitrogens with zero attached hydrogens (tertiary/aromatic N) is 1. The van der Waals surface area contributed by atoms with Gasteiger partial charge in [-0.05, 0) is 39.2 Å². The highest BCUT2D eigenvalue weighted by Crippen LogP contribution is 2.17. The normalized spacial score (nSPS) is 33.4. The van der Waals surface area contributed by atoms with Crippen molar-refractivity contribution < 1.29 is 4.74 Å². The Hall–Kier alpha value is -0.120. The molecule has 2 aliphatic heterocycles. The summed E-state index contributed by atoms with van der Waals surface area (Å²) in [6.07, 6.45) is 5.70. The third kappa shape index (κ3) is 3.74. The van der Waals surface area contributed by atoms with Crippen LogP contribution < -0.4 is 5.32 Å². The molecule has 0 spiro atoms. The van der Waals surface area contributed by atoms with Crippen LogP contribution in [0, 0.1) is 0 Å². The average Bonchev–Trinajstić information content (AvgIpc) is 2.71. The molecule has 88 valence electrons. The van der Waals surface area contributed by atoms with Gasteiger partial charge in [0.25, 0.3) is 0 Å². The lowest BCUT2D eigenvalue weighted by Crippen LogP contribution is -2.49. The Balaban J connectivity index is 1.56. The van der Waals surface area contributed by atoms with Gasteiger partial charge in [0.1, 0.15) is 0 Å². The zero-order valence-corrected chi connectivity index (χ0v) is 9.87. The first-order chi connectivity index (χ1) is 7.34. The molecule has 3 heteroatoms. The molecule has 2 unspecified atom stereocenters. The number of rotatable bonds is 4. The van der Waals surface area contributed by atoms with Crippen molar-refractivity contribution >= 4 is 0 Å². The summed E-state index contributed by atoms with van der Waals surface area (Å²) in [5.74, 6) is 0. The number of piperazine rings is 1. The topological polar surface area (TPSA) is 24.5 Å². The van der Waals surface area contributed by atoms with Crippen LogP contribution in [-0.4, -0.2) is 49.8 Å². The lowest BCUT2D eigenvalue weighted by molar-refractivity contribution is 0.0970. The Labute approximate surface area is 93.2 Å². The minimum Gasteiger partial charge on any atom is -0.378 e. The predicted molar refractivity (Wildman–Crippen MR) is 62.1 cm³/mol. The van der Waals surface area contributed by atoms with E-state index < -0.39 is 0 Å². The number of hydrogen-bond donors (Lipinski definition) is 1. The maximum Gasteiger partial charge on any atom is 0.0576 e. The molecule has 0 aromatic heterocycles. The minimum absolute atomic E-state index is 0.574. The van der Waals surface area contributed by atoms with Crippen molar-refractivity contribution in [3.63, 3.8) is 0 Å². The third-order valence-corrected chi connectivity index (χ3v) is 3.48. The van der Waals surface area contributed by atoms with Gasteiger partial charge in [0.2, 0.25) is 0 Å². The average molecular weight is 212 g/mol. The lowest BCUT2D eigenvalue weighted by Gasteiger charge is -2.31. The van der Waals surface area contributed by atoms with Crippen molar-refractivity contribution in [1.29, 1.82) is 0 Å². The van der Waals surface area contributed by atoms with Crippen LogP contribution in [0.2, 0.25) is 0 Å². The Kier molecular flexibility index (Phi) is 4.42. The van der Waals surface area contributed by atoms with E-state index in [0.29, 0.717) is 12.1 Å². The van der Waals surface area contributed by atoms with E-state index in [0.717, 1.165) is 13.2 Å². The van der Waals surface area contributed by atoms with Crippen LogP contribution >= 0.6 is 0 Å². The smallest absolute Gasteiger partial charge is 0.0576 e. The van der Waals surface area contributed by atoms with E-state index in [2.05, 4.69) is 17.1 Å². The second kappa shape index (κ2) is 5.83. The van der Waals surface area contributed by atoms with Crippen molar-refractivity contribution in [1.82, 2.24) is 10.2 Å². The highest BCUT2D eigenvalue weighted by Gasteiger charge is 2.17. The predicted octanol–water partition coefficient (Wildman–Crippen LogP) is 1.24. The first-order valence-electron chi connectivity index (χ1n) is 6.42. The molecule has 2 atom stereocenters. The summed E-state index contributed by atoms with van der Waals surface area (Å²) in [6.45, 7) is 8.11. The summed E-state index contributed by atoms with van der Waals surface area (Å²) in [7, 11) is 0. The van der Waals surface area contributed by atoms with Crippen LogP contribution in [-0.2, 0) is 4.74 Å². The van der Waals surface area contributed by atoms with Crippen LogP contribution in [0.4, 0.5) is 0 Å². The van der Waals surface area contributed by atoms with Gasteiger partial charge in [-0.2, -0.15) is 0 Å². The van der Waals surface area contributed by atoms with E-state index in [9.17, 15) is 0 Å². The molecule has 0 aromatic rings. The number of ether oxygens (including phenoxy) is 1. The van der Waals surface area contributed by atoms with Gasteiger partial charge < -0.3 is 15.0 Å². The number of nitrogens with one attached hydrogen (secondary N) is 1. The Morgan fingerprint density at radius 2 is 2.40 bits per heavy atom. The lowest BCUT2D eigenvalue weighted by atomic mass is 10.1. The van der Waals surface area contributed by atoms with E-state index >= 15 is 0 Å². The van der Waals surface area contributed by atoms with Gasteiger partial charge in [0.15, 0.2) is 0 Å². The first-order valence-corrected chi connectivity index (χ1v) is 6.42. The summed E-state index contributed by atoms with van der Waals surface area (Å²) in [6, 6.07) is 0.668. The first kappa shape index (κ1) is 11.4. The Morgan fingerprint density at radius 3 is 3.13 bits per heavy atom. The van der Waals surface area contributed by atoms with E-state index in [4.69, 9.17) is 4.74 Å². The van der Waals surface area contributed by atoms with Gasteiger partial charge in [0.05, 0.1) is 6.10 Å². The van der Waals surface area contributed by atoms with Crippen LogP contribution in [0.25, 0.3) is 0 Å². The van der Waals surface area contributed by atoms with Crippen molar-refractivity contribution in [2.24, 2.45) is 0 Å². The van der Waals surface area contributed by atoms with Crippen LogP contribution in [0.1, 0.15) is 32.6 Å². The molecule has 2 aliphatic rings. The molecular formula is C12H24N2O. The van der Waals surface area contributed by atoms with Gasteiger partial charge in [-0.1, -0.05) is 0 Å². The fourth-order valence-electron chi connectivity index (χ4n) is 2.63. The summed E-state index contributed by atoms with van der Waals surface area (Å²) in [5.41, 5.74) is 0. The fraction of sp³-hybridized carbons (Fsp3) is 1.00. The molecule has 0 bridgehead atoms. The maximum absolute atomic E-state index is 5.63. The largest absolute Gasteiger partial charge is 0.378 e. The highest BCUT2D eigenvalue weighted by atomic mass is 16.5. The fourth-order valence-corrected chi connectivity index (χ4v) is 2.63. The van der Waals surface area contributed by atoms with Crippen molar-refractivity contribution in [2.45, 2.75) is 44.8 Å². The monoisotopic (exact) mass is 212 g/mol. The van der Waals surface area contributed by atoms with E-state index in [1.807, 2.05) is 0 Å². The molecule has 0 aliphatic carbocycles. The highest BCUT2D eigenvalue weighted by molar-refractivity contribution is 4.75. The zero-order valence-electron chi connectivity index (χ0n) is 9.87. The molecule has 0 saturated carbocycles. The molecule has 15 heavy (non-hydrogen) atoms. The molecule has 2 heterocycles. The molecular weight excluding hydrogens is 188 g/mol. The summed E-state index contributed by atoms with van der Waals surface area (Å²) in [4.78, 5) is 2.58. The molecule has 0 aromatic carbocycles. The second-order valence-electron chi connectivity index (χ2n) is 4.93. The van der Waals surface area contributed by atoms with E-state index in [1.165, 1.54) is 45.3 Å². The molecule has 0 amide bonds. The van der Waals surface area contributed by atoms with Crippen LogP contribution in [0.3, 0.4) is 0 Å². The zero-order chi connectivity index (χ0) is 10.5. The van der Waals surface area contributed by atoms with E-state index in [-0.39, 0.29) is 0 Å². The number of hydrogen-bond acceptors (Lipinski definition) is 3. The Bertz CT molecular complexity index is 180. The second-order valence-corrected chi connectivity index (χ2v) is 4.93. The maximum atomic E-state index is 5.63. The SMILES string of the molecule is CC1CN(CCCC2CCCO2)CCN1. The molecule has 2 fully saturated rings. The van der Waals surface area contributed by atoms with Crippen molar-refractivity contribution in [3.8, 4) is 0 Å². The van der Waals surface area contributed by atoms with Crippen LogP contribution in [0.15, 0.2) is 0 Å².